The average Bonchev–Trinajstić information content (AvgIpc) is 2.90. The summed E-state index contributed by atoms with van der Waals surface area (Å²) in [5.41, 5.74) is 6.05. The molecule has 0 saturated heterocycles. The molecule has 6 rings (SSSR count). The molecular weight excluding hydrogens is 448 g/mol. The molecule has 0 unspecified atom stereocenters. The number of carbonyl (C=O) groups is 1. The van der Waals surface area contributed by atoms with Crippen molar-refractivity contribution in [2.45, 2.75) is 13.5 Å². The van der Waals surface area contributed by atoms with Crippen molar-refractivity contribution in [2.24, 2.45) is 0 Å². The second-order valence-corrected chi connectivity index (χ2v) is 8.83. The van der Waals surface area contributed by atoms with Gasteiger partial charge in [-0.05, 0) is 65.6 Å². The van der Waals surface area contributed by atoms with Gasteiger partial charge in [0.1, 0.15) is 11.6 Å². The van der Waals surface area contributed by atoms with E-state index >= 15 is 0 Å². The first-order valence-electron chi connectivity index (χ1n) is 11.8. The van der Waals surface area contributed by atoms with Gasteiger partial charge < -0.3 is 9.30 Å². The normalized spacial score (nSPS) is 13.3. The van der Waals surface area contributed by atoms with Crippen LogP contribution in [0.25, 0.3) is 22.6 Å². The predicted molar refractivity (Wildman–Crippen MR) is 141 cm³/mol. The minimum absolute atomic E-state index is 0.236. The summed E-state index contributed by atoms with van der Waals surface area (Å²) in [5.74, 6) is 0.729. The molecule has 5 aromatic rings. The van der Waals surface area contributed by atoms with Gasteiger partial charge in [0.25, 0.3) is 5.56 Å². The largest absolute Gasteiger partial charge is 0.423 e. The van der Waals surface area contributed by atoms with Crippen LogP contribution in [0.2, 0.25) is 0 Å². The summed E-state index contributed by atoms with van der Waals surface area (Å²) in [5, 5.41) is 0.611. The van der Waals surface area contributed by atoms with Gasteiger partial charge >= 0.3 is 5.97 Å². The Kier molecular flexibility index (Phi) is 5.30. The quantitative estimate of drug-likeness (QED) is 0.240. The van der Waals surface area contributed by atoms with Crippen molar-refractivity contribution in [1.82, 2.24) is 9.55 Å². The van der Waals surface area contributed by atoms with Crippen LogP contribution in [0.3, 0.4) is 0 Å². The third-order valence-electron chi connectivity index (χ3n) is 6.53. The third-order valence-corrected chi connectivity index (χ3v) is 6.53. The van der Waals surface area contributed by atoms with E-state index in [0.29, 0.717) is 29.1 Å². The molecule has 0 bridgehead atoms. The van der Waals surface area contributed by atoms with E-state index in [1.54, 1.807) is 18.2 Å². The summed E-state index contributed by atoms with van der Waals surface area (Å²) in [4.78, 5) is 29.9. The lowest BCUT2D eigenvalue weighted by atomic mass is 9.93. The molecule has 0 atom stereocenters. The molecule has 1 aliphatic heterocycles. The Hall–Kier alpha value is -4.77. The Balaban J connectivity index is 1.40. The van der Waals surface area contributed by atoms with Gasteiger partial charge in [-0.3, -0.25) is 4.79 Å². The summed E-state index contributed by atoms with van der Waals surface area (Å²) in [6.07, 6.45) is 2.03. The number of esters is 1. The molecule has 0 saturated carbocycles. The van der Waals surface area contributed by atoms with Crippen molar-refractivity contribution in [3.63, 3.8) is 0 Å². The molecule has 0 radical (unpaired) electrons. The first-order chi connectivity index (χ1) is 17.6. The number of para-hydroxylation sites is 1. The van der Waals surface area contributed by atoms with E-state index in [0.717, 1.165) is 33.3 Å². The van der Waals surface area contributed by atoms with Crippen LogP contribution in [0.5, 0.6) is 5.75 Å². The lowest BCUT2D eigenvalue weighted by Crippen LogP contribution is -2.23. The molecule has 0 aliphatic carbocycles. The molecule has 2 heterocycles. The number of rotatable bonds is 3. The summed E-state index contributed by atoms with van der Waals surface area (Å²) in [6, 6.07) is 30.5. The van der Waals surface area contributed by atoms with Crippen LogP contribution >= 0.6 is 0 Å². The average molecular weight is 471 g/mol. The standard InChI is InChI=1S/C31H22N2O3/c1-20-8-2-4-10-24(20)31(35)36-23-16-14-21(15-17-23)18-27-25-11-5-3-9-22(25)19-33-28-13-7-6-12-26(28)30(34)32-29(27)33/h2-18H,19H2,1H3/b27-18+. The number of hydrogen-bond acceptors (Lipinski definition) is 4. The number of hydrogen-bond donors (Lipinski definition) is 0. The lowest BCUT2D eigenvalue weighted by molar-refractivity contribution is 0.0734. The van der Waals surface area contributed by atoms with Gasteiger partial charge in [0.15, 0.2) is 0 Å². The molecular formula is C31H22N2O3. The van der Waals surface area contributed by atoms with Gasteiger partial charge in [-0.25, -0.2) is 4.79 Å². The van der Waals surface area contributed by atoms with Crippen LogP contribution in [-0.2, 0) is 6.54 Å². The molecule has 0 fully saturated rings. The van der Waals surface area contributed by atoms with E-state index in [1.165, 1.54) is 0 Å². The second kappa shape index (κ2) is 8.78. The minimum Gasteiger partial charge on any atom is -0.423 e. The molecule has 36 heavy (non-hydrogen) atoms. The zero-order valence-corrected chi connectivity index (χ0v) is 19.6. The minimum atomic E-state index is -0.384. The topological polar surface area (TPSA) is 61.2 Å². The summed E-state index contributed by atoms with van der Waals surface area (Å²) < 4.78 is 7.69. The van der Waals surface area contributed by atoms with E-state index in [-0.39, 0.29) is 11.5 Å². The molecule has 0 amide bonds. The highest BCUT2D eigenvalue weighted by Gasteiger charge is 2.23. The van der Waals surface area contributed by atoms with Crippen molar-refractivity contribution >= 4 is 28.5 Å². The van der Waals surface area contributed by atoms with Crippen molar-refractivity contribution < 1.29 is 9.53 Å². The van der Waals surface area contributed by atoms with Crippen LogP contribution in [0.1, 0.15) is 38.4 Å². The second-order valence-electron chi connectivity index (χ2n) is 8.83. The first kappa shape index (κ1) is 21.7. The van der Waals surface area contributed by atoms with Crippen LogP contribution in [0.4, 0.5) is 0 Å². The summed E-state index contributed by atoms with van der Waals surface area (Å²) in [6.45, 7) is 2.53. The highest BCUT2D eigenvalue weighted by atomic mass is 16.5. The maximum Gasteiger partial charge on any atom is 0.343 e. The van der Waals surface area contributed by atoms with Gasteiger partial charge in [-0.1, -0.05) is 66.7 Å². The molecule has 5 heteroatoms. The Morgan fingerprint density at radius 3 is 2.44 bits per heavy atom. The maximum atomic E-state index is 12.8. The summed E-state index contributed by atoms with van der Waals surface area (Å²) >= 11 is 0. The Bertz CT molecular complexity index is 1730. The van der Waals surface area contributed by atoms with Crippen LogP contribution in [0.15, 0.2) is 102 Å². The number of nitrogens with zero attached hydrogens (tertiary/aromatic N) is 2. The Morgan fingerprint density at radius 1 is 0.889 bits per heavy atom. The van der Waals surface area contributed by atoms with Gasteiger partial charge in [-0.2, -0.15) is 4.98 Å². The first-order valence-corrected chi connectivity index (χ1v) is 11.8. The summed E-state index contributed by atoms with van der Waals surface area (Å²) in [7, 11) is 0. The number of fused-ring (bicyclic) bond motifs is 4. The molecule has 5 nitrogen and oxygen atoms in total. The maximum absolute atomic E-state index is 12.8. The molecule has 0 N–H and O–H groups in total. The number of ether oxygens (including phenoxy) is 1. The van der Waals surface area contributed by atoms with Crippen molar-refractivity contribution in [3.8, 4) is 5.75 Å². The highest BCUT2D eigenvalue weighted by Crippen LogP contribution is 2.34. The predicted octanol–water partition coefficient (Wildman–Crippen LogP) is 5.87. The van der Waals surface area contributed by atoms with Gasteiger partial charge in [0, 0.05) is 5.57 Å². The van der Waals surface area contributed by atoms with Gasteiger partial charge in [0.2, 0.25) is 0 Å². The number of aryl methyl sites for hydroxylation is 1. The van der Waals surface area contributed by atoms with Crippen LogP contribution in [-0.4, -0.2) is 15.5 Å². The van der Waals surface area contributed by atoms with E-state index in [1.807, 2.05) is 79.7 Å². The Morgan fingerprint density at radius 2 is 1.61 bits per heavy atom. The fourth-order valence-corrected chi connectivity index (χ4v) is 4.70. The van der Waals surface area contributed by atoms with Gasteiger partial charge in [-0.15, -0.1) is 0 Å². The SMILES string of the molecule is Cc1ccccc1C(=O)Oc1ccc(/C=C2\c3ccccc3Cn3c2nc(=O)c2ccccc23)cc1. The Labute approximate surface area is 207 Å². The van der Waals surface area contributed by atoms with Crippen molar-refractivity contribution in [2.75, 3.05) is 0 Å². The molecule has 1 aliphatic rings. The zero-order valence-electron chi connectivity index (χ0n) is 19.6. The van der Waals surface area contributed by atoms with E-state index in [4.69, 9.17) is 4.74 Å². The molecule has 1 aromatic heterocycles. The number of aromatic nitrogens is 2. The number of benzene rings is 4. The fourth-order valence-electron chi connectivity index (χ4n) is 4.70. The number of carbonyl (C=O) groups excluding carboxylic acids is 1. The smallest absolute Gasteiger partial charge is 0.343 e. The highest BCUT2D eigenvalue weighted by molar-refractivity contribution is 5.94. The van der Waals surface area contributed by atoms with E-state index in [2.05, 4.69) is 21.7 Å². The van der Waals surface area contributed by atoms with Crippen molar-refractivity contribution in [3.05, 3.63) is 141 Å². The molecule has 174 valence electrons. The van der Waals surface area contributed by atoms with Crippen LogP contribution in [0, 0.1) is 6.92 Å². The third kappa shape index (κ3) is 3.81. The van der Waals surface area contributed by atoms with Crippen molar-refractivity contribution in [1.29, 1.82) is 0 Å². The molecule has 4 aromatic carbocycles. The van der Waals surface area contributed by atoms with Crippen LogP contribution < -0.4 is 10.3 Å². The molecule has 0 spiro atoms. The van der Waals surface area contributed by atoms with E-state index < -0.39 is 0 Å². The van der Waals surface area contributed by atoms with Gasteiger partial charge in [0.05, 0.1) is 23.0 Å². The fraction of sp³-hybridized carbons (Fsp3) is 0.0645. The monoisotopic (exact) mass is 470 g/mol. The van der Waals surface area contributed by atoms with E-state index in [9.17, 15) is 9.59 Å². The lowest BCUT2D eigenvalue weighted by Gasteiger charge is -2.25. The zero-order chi connectivity index (χ0) is 24.6.